The molecule has 0 aliphatic heterocycles. The monoisotopic (exact) mass is 273 g/mol. The highest BCUT2D eigenvalue weighted by Crippen LogP contribution is 2.20. The van der Waals surface area contributed by atoms with Crippen LogP contribution in [0.15, 0.2) is 41.8 Å². The molecule has 6 heteroatoms. The number of imidazole rings is 1. The second kappa shape index (κ2) is 6.07. The van der Waals surface area contributed by atoms with Crippen LogP contribution in [0.3, 0.4) is 0 Å². The van der Waals surface area contributed by atoms with E-state index in [1.165, 1.54) is 11.8 Å². The van der Waals surface area contributed by atoms with Gasteiger partial charge in [0.05, 0.1) is 18.2 Å². The smallest absolute Gasteiger partial charge is 0.313 e. The van der Waals surface area contributed by atoms with Gasteiger partial charge in [-0.25, -0.2) is 4.98 Å². The van der Waals surface area contributed by atoms with Gasteiger partial charge in [0, 0.05) is 18.1 Å². The van der Waals surface area contributed by atoms with Gasteiger partial charge in [-0.15, -0.1) is 0 Å². The zero-order valence-electron chi connectivity index (χ0n) is 9.98. The number of hydrogen-bond donors (Lipinski definition) is 1. The van der Waals surface area contributed by atoms with Gasteiger partial charge >= 0.3 is 5.97 Å². The third-order valence-electron chi connectivity index (χ3n) is 2.43. The summed E-state index contributed by atoms with van der Waals surface area (Å²) in [4.78, 5) is 14.7. The van der Waals surface area contributed by atoms with Gasteiger partial charge in [-0.05, 0) is 17.7 Å². The average molecular weight is 273 g/mol. The van der Waals surface area contributed by atoms with E-state index in [0.717, 1.165) is 11.3 Å². The highest BCUT2D eigenvalue weighted by Gasteiger charge is 2.08. The molecule has 1 N–H and O–H groups in total. The molecule has 96 valence electrons. The summed E-state index contributed by atoms with van der Waals surface area (Å²) in [5, 5.41) is 17.9. The normalized spacial score (nSPS) is 10.1. The summed E-state index contributed by atoms with van der Waals surface area (Å²) >= 11 is 1.17. The van der Waals surface area contributed by atoms with Crippen LogP contribution in [0.5, 0.6) is 0 Å². The molecule has 1 aromatic carbocycles. The number of benzene rings is 1. The van der Waals surface area contributed by atoms with Gasteiger partial charge in [0.1, 0.15) is 0 Å². The largest absolute Gasteiger partial charge is 0.481 e. The van der Waals surface area contributed by atoms with Crippen LogP contribution in [-0.2, 0) is 11.2 Å². The van der Waals surface area contributed by atoms with Crippen molar-refractivity contribution in [2.24, 2.45) is 0 Å². The van der Waals surface area contributed by atoms with E-state index in [1.807, 2.05) is 28.8 Å². The minimum absolute atomic E-state index is 0.0243. The van der Waals surface area contributed by atoms with Crippen molar-refractivity contribution in [2.45, 2.75) is 11.6 Å². The summed E-state index contributed by atoms with van der Waals surface area (Å²) in [5.74, 6) is -0.896. The summed E-state index contributed by atoms with van der Waals surface area (Å²) < 4.78 is 1.82. The molecule has 0 radical (unpaired) electrons. The molecule has 19 heavy (non-hydrogen) atoms. The molecule has 0 atom stereocenters. The Morgan fingerprint density at radius 1 is 1.42 bits per heavy atom. The van der Waals surface area contributed by atoms with Crippen LogP contribution in [0.2, 0.25) is 0 Å². The highest BCUT2D eigenvalue weighted by atomic mass is 32.2. The molecule has 1 heterocycles. The molecule has 2 rings (SSSR count). The molecule has 0 amide bonds. The predicted molar refractivity (Wildman–Crippen MR) is 71.2 cm³/mol. The van der Waals surface area contributed by atoms with E-state index in [4.69, 9.17) is 10.4 Å². The molecule has 0 aliphatic rings. The molecule has 0 spiro atoms. The molecule has 0 aliphatic carbocycles. The second-order valence-corrected chi connectivity index (χ2v) is 4.71. The summed E-state index contributed by atoms with van der Waals surface area (Å²) in [6.07, 6.45) is 3.79. The van der Waals surface area contributed by atoms with Crippen LogP contribution < -0.4 is 0 Å². The van der Waals surface area contributed by atoms with Gasteiger partial charge in [0.15, 0.2) is 5.16 Å². The van der Waals surface area contributed by atoms with E-state index >= 15 is 0 Å². The van der Waals surface area contributed by atoms with Crippen molar-refractivity contribution in [1.82, 2.24) is 9.55 Å². The van der Waals surface area contributed by atoms with Crippen molar-refractivity contribution in [3.63, 3.8) is 0 Å². The minimum atomic E-state index is -0.871. The predicted octanol–water partition coefficient (Wildman–Crippen LogP) is 2.12. The van der Waals surface area contributed by atoms with E-state index in [1.54, 1.807) is 12.4 Å². The standard InChI is InChI=1S/C13H11N3O2S/c14-6-5-10-1-3-11(4-2-10)16-8-7-15-13(16)19-9-12(17)18/h1-4,7-8H,5,9H2,(H,17,18). The fraction of sp³-hybridized carbons (Fsp3) is 0.154. The van der Waals surface area contributed by atoms with E-state index in [0.29, 0.717) is 11.6 Å². The lowest BCUT2D eigenvalue weighted by Crippen LogP contribution is -2.01. The molecule has 0 unspecified atom stereocenters. The molecule has 0 saturated carbocycles. The lowest BCUT2D eigenvalue weighted by atomic mass is 10.1. The zero-order valence-corrected chi connectivity index (χ0v) is 10.8. The second-order valence-electron chi connectivity index (χ2n) is 3.76. The third-order valence-corrected chi connectivity index (χ3v) is 3.38. The fourth-order valence-electron chi connectivity index (χ4n) is 1.59. The molecule has 0 saturated heterocycles. The van der Waals surface area contributed by atoms with Gasteiger partial charge in [-0.2, -0.15) is 5.26 Å². The van der Waals surface area contributed by atoms with Gasteiger partial charge < -0.3 is 5.11 Å². The SMILES string of the molecule is N#CCc1ccc(-n2ccnc2SCC(=O)O)cc1. The number of nitriles is 1. The molecule has 1 aromatic heterocycles. The minimum Gasteiger partial charge on any atom is -0.481 e. The Kier molecular flexibility index (Phi) is 4.21. The summed E-state index contributed by atoms with van der Waals surface area (Å²) in [7, 11) is 0. The first-order valence-corrected chi connectivity index (χ1v) is 6.53. The van der Waals surface area contributed by atoms with Gasteiger partial charge in [0.2, 0.25) is 0 Å². The molecule has 5 nitrogen and oxygen atoms in total. The first-order chi connectivity index (χ1) is 9.20. The Bertz CT molecular complexity index is 614. The molecule has 2 aromatic rings. The van der Waals surface area contributed by atoms with E-state index in [9.17, 15) is 4.79 Å². The van der Waals surface area contributed by atoms with E-state index in [2.05, 4.69) is 11.1 Å². The Labute approximate surface area is 114 Å². The van der Waals surface area contributed by atoms with E-state index < -0.39 is 5.97 Å². The maximum atomic E-state index is 10.6. The first kappa shape index (κ1) is 13.2. The molecule has 0 fully saturated rings. The number of hydrogen-bond acceptors (Lipinski definition) is 4. The average Bonchev–Trinajstić information content (AvgIpc) is 2.86. The van der Waals surface area contributed by atoms with Crippen molar-refractivity contribution < 1.29 is 9.90 Å². The Morgan fingerprint density at radius 2 is 2.16 bits per heavy atom. The van der Waals surface area contributed by atoms with Gasteiger partial charge in [-0.1, -0.05) is 23.9 Å². The fourth-order valence-corrected chi connectivity index (χ4v) is 2.28. The van der Waals surface area contributed by atoms with Crippen molar-refractivity contribution in [3.8, 4) is 11.8 Å². The summed E-state index contributed by atoms with van der Waals surface area (Å²) in [6.45, 7) is 0. The van der Waals surface area contributed by atoms with Crippen LogP contribution in [0.4, 0.5) is 0 Å². The van der Waals surface area contributed by atoms with Crippen LogP contribution in [-0.4, -0.2) is 26.4 Å². The lowest BCUT2D eigenvalue weighted by Gasteiger charge is -2.07. The number of carboxylic acid groups (broad SMARTS) is 1. The Hall–Kier alpha value is -2.26. The van der Waals surface area contributed by atoms with Crippen molar-refractivity contribution in [1.29, 1.82) is 5.26 Å². The number of carbonyl (C=O) groups is 1. The summed E-state index contributed by atoms with van der Waals surface area (Å²) in [6, 6.07) is 9.63. The molecule has 0 bridgehead atoms. The lowest BCUT2D eigenvalue weighted by molar-refractivity contribution is -0.133. The van der Waals surface area contributed by atoms with Crippen LogP contribution in [0.1, 0.15) is 5.56 Å². The van der Waals surface area contributed by atoms with Crippen molar-refractivity contribution >= 4 is 17.7 Å². The number of rotatable bonds is 5. The number of carboxylic acids is 1. The van der Waals surface area contributed by atoms with Crippen molar-refractivity contribution in [2.75, 3.05) is 5.75 Å². The highest BCUT2D eigenvalue weighted by molar-refractivity contribution is 7.99. The number of nitrogens with zero attached hydrogens (tertiary/aromatic N) is 3. The van der Waals surface area contributed by atoms with Gasteiger partial charge in [0.25, 0.3) is 0 Å². The Morgan fingerprint density at radius 3 is 2.79 bits per heavy atom. The number of aliphatic carboxylic acids is 1. The maximum absolute atomic E-state index is 10.6. The van der Waals surface area contributed by atoms with Crippen LogP contribution in [0, 0.1) is 11.3 Å². The number of aromatic nitrogens is 2. The van der Waals surface area contributed by atoms with Crippen LogP contribution in [0.25, 0.3) is 5.69 Å². The topological polar surface area (TPSA) is 78.9 Å². The van der Waals surface area contributed by atoms with E-state index in [-0.39, 0.29) is 5.75 Å². The quantitative estimate of drug-likeness (QED) is 0.844. The van der Waals surface area contributed by atoms with Crippen molar-refractivity contribution in [3.05, 3.63) is 42.2 Å². The van der Waals surface area contributed by atoms with Crippen LogP contribution >= 0.6 is 11.8 Å². The Balaban J connectivity index is 2.20. The third kappa shape index (κ3) is 3.36. The van der Waals surface area contributed by atoms with Gasteiger partial charge in [-0.3, -0.25) is 9.36 Å². The summed E-state index contributed by atoms with van der Waals surface area (Å²) in [5.41, 5.74) is 1.85. The molecular formula is C13H11N3O2S. The number of thioether (sulfide) groups is 1. The molecular weight excluding hydrogens is 262 g/mol. The maximum Gasteiger partial charge on any atom is 0.313 e. The zero-order chi connectivity index (χ0) is 13.7. The first-order valence-electron chi connectivity index (χ1n) is 5.55.